The smallest absolute Gasteiger partial charge is 0.276 e. The summed E-state index contributed by atoms with van der Waals surface area (Å²) in [6, 6.07) is 6.21. The van der Waals surface area contributed by atoms with E-state index in [1.54, 1.807) is 16.6 Å². The van der Waals surface area contributed by atoms with Crippen LogP contribution in [0.2, 0.25) is 0 Å². The van der Waals surface area contributed by atoms with Crippen LogP contribution in [-0.2, 0) is 0 Å². The topological polar surface area (TPSA) is 66.6 Å². The van der Waals surface area contributed by atoms with Crippen LogP contribution in [0.25, 0.3) is 16.8 Å². The summed E-state index contributed by atoms with van der Waals surface area (Å²) >= 11 is 0. The summed E-state index contributed by atoms with van der Waals surface area (Å²) in [7, 11) is 0. The summed E-state index contributed by atoms with van der Waals surface area (Å²) in [5.74, 6) is -0.407. The molecule has 3 heterocycles. The number of hydrogen-bond donors (Lipinski definition) is 0. The first kappa shape index (κ1) is 18.5. The Balaban J connectivity index is 1.70. The van der Waals surface area contributed by atoms with E-state index in [1.807, 2.05) is 18.7 Å². The number of aromatic nitrogens is 4. The maximum atomic E-state index is 13.3. The van der Waals surface area contributed by atoms with Gasteiger partial charge in [0.25, 0.3) is 5.91 Å². The predicted octanol–water partition coefficient (Wildman–Crippen LogP) is 2.32. The Morgan fingerprint density at radius 2 is 1.75 bits per heavy atom. The van der Waals surface area contributed by atoms with E-state index in [0.717, 1.165) is 36.5 Å². The summed E-state index contributed by atoms with van der Waals surface area (Å²) in [4.78, 5) is 17.1. The number of benzene rings is 1. The van der Waals surface area contributed by atoms with Gasteiger partial charge in [-0.05, 0) is 38.1 Å². The number of rotatable bonds is 3. The molecule has 8 heteroatoms. The van der Waals surface area contributed by atoms with Gasteiger partial charge in [0.2, 0.25) is 0 Å². The van der Waals surface area contributed by atoms with Crippen LogP contribution in [0, 0.1) is 19.7 Å². The highest BCUT2D eigenvalue weighted by Gasteiger charge is 2.26. The molecule has 2 aromatic heterocycles. The molecule has 7 nitrogen and oxygen atoms in total. The first-order valence-electron chi connectivity index (χ1n) is 9.49. The van der Waals surface area contributed by atoms with Crippen molar-refractivity contribution in [1.82, 2.24) is 29.6 Å². The van der Waals surface area contributed by atoms with Gasteiger partial charge in [-0.1, -0.05) is 19.1 Å². The molecule has 0 unspecified atom stereocenters. The van der Waals surface area contributed by atoms with Crippen LogP contribution < -0.4 is 0 Å². The van der Waals surface area contributed by atoms with E-state index >= 15 is 0 Å². The van der Waals surface area contributed by atoms with Crippen molar-refractivity contribution >= 4 is 11.6 Å². The molecule has 1 aliphatic rings. The molecule has 3 aromatic rings. The minimum absolute atomic E-state index is 0.112. The van der Waals surface area contributed by atoms with Gasteiger partial charge in [-0.3, -0.25) is 4.79 Å². The number of aryl methyl sites for hydroxylation is 2. The van der Waals surface area contributed by atoms with Crippen LogP contribution >= 0.6 is 0 Å². The predicted molar refractivity (Wildman–Crippen MR) is 104 cm³/mol. The summed E-state index contributed by atoms with van der Waals surface area (Å²) < 4.78 is 14.9. The molecule has 1 aromatic carbocycles. The highest BCUT2D eigenvalue weighted by Crippen LogP contribution is 2.28. The molecule has 1 saturated heterocycles. The summed E-state index contributed by atoms with van der Waals surface area (Å²) in [5.41, 5.74) is 3.91. The molecular weight excluding hydrogens is 359 g/mol. The Hall–Kier alpha value is -2.87. The number of nitrogens with zero attached hydrogens (tertiary/aromatic N) is 6. The van der Waals surface area contributed by atoms with Gasteiger partial charge in [-0.25, -0.2) is 8.91 Å². The molecule has 146 valence electrons. The Labute approximate surface area is 162 Å². The Kier molecular flexibility index (Phi) is 4.80. The minimum atomic E-state index is -0.295. The SMILES string of the molecule is CCN1CCN(C(=O)c2nnc3c(-c4ccc(F)cc4)c(C)nn3c2C)CC1. The molecule has 28 heavy (non-hydrogen) atoms. The maximum absolute atomic E-state index is 13.3. The van der Waals surface area contributed by atoms with Crippen molar-refractivity contribution in [3.05, 3.63) is 47.2 Å². The average molecular weight is 382 g/mol. The zero-order valence-electron chi connectivity index (χ0n) is 16.3. The molecular formula is C20H23FN6O. The monoisotopic (exact) mass is 382 g/mol. The van der Waals surface area contributed by atoms with Crippen LogP contribution in [0.3, 0.4) is 0 Å². The van der Waals surface area contributed by atoms with Gasteiger partial charge >= 0.3 is 0 Å². The molecule has 1 amide bonds. The van der Waals surface area contributed by atoms with Crippen molar-refractivity contribution in [2.45, 2.75) is 20.8 Å². The van der Waals surface area contributed by atoms with Gasteiger partial charge in [0.15, 0.2) is 11.3 Å². The van der Waals surface area contributed by atoms with Crippen molar-refractivity contribution in [2.75, 3.05) is 32.7 Å². The van der Waals surface area contributed by atoms with Gasteiger partial charge in [0, 0.05) is 26.2 Å². The quantitative estimate of drug-likeness (QED) is 0.696. The molecule has 0 saturated carbocycles. The van der Waals surface area contributed by atoms with E-state index in [1.165, 1.54) is 12.1 Å². The average Bonchev–Trinajstić information content (AvgIpc) is 3.05. The second-order valence-electron chi connectivity index (χ2n) is 7.06. The highest BCUT2D eigenvalue weighted by atomic mass is 19.1. The summed E-state index contributed by atoms with van der Waals surface area (Å²) in [6.07, 6.45) is 0. The molecule has 1 fully saturated rings. The van der Waals surface area contributed by atoms with Gasteiger partial charge in [0.1, 0.15) is 5.82 Å². The second-order valence-corrected chi connectivity index (χ2v) is 7.06. The van der Waals surface area contributed by atoms with E-state index in [2.05, 4.69) is 27.1 Å². The first-order chi connectivity index (χ1) is 13.5. The van der Waals surface area contributed by atoms with E-state index in [4.69, 9.17) is 0 Å². The molecule has 1 aliphatic heterocycles. The van der Waals surface area contributed by atoms with Crippen LogP contribution in [0.4, 0.5) is 4.39 Å². The van der Waals surface area contributed by atoms with Crippen molar-refractivity contribution in [3.8, 4) is 11.1 Å². The van der Waals surface area contributed by atoms with Gasteiger partial charge in [0.05, 0.1) is 17.0 Å². The Bertz CT molecular complexity index is 1020. The number of piperazine rings is 1. The van der Waals surface area contributed by atoms with Crippen LogP contribution in [0.1, 0.15) is 28.8 Å². The number of likely N-dealkylation sites (N-methyl/N-ethyl adjacent to an activating group) is 1. The zero-order chi connectivity index (χ0) is 19.8. The van der Waals surface area contributed by atoms with Gasteiger partial charge in [-0.2, -0.15) is 5.10 Å². The molecule has 0 atom stereocenters. The summed E-state index contributed by atoms with van der Waals surface area (Å²) in [5, 5.41) is 13.1. The lowest BCUT2D eigenvalue weighted by Gasteiger charge is -2.33. The molecule has 0 aliphatic carbocycles. The first-order valence-corrected chi connectivity index (χ1v) is 9.49. The van der Waals surface area contributed by atoms with Gasteiger partial charge in [-0.15, -0.1) is 10.2 Å². The fraction of sp³-hybridized carbons (Fsp3) is 0.400. The second kappa shape index (κ2) is 7.27. The Morgan fingerprint density at radius 3 is 2.39 bits per heavy atom. The lowest BCUT2D eigenvalue weighted by Crippen LogP contribution is -2.48. The fourth-order valence-electron chi connectivity index (χ4n) is 3.68. The lowest BCUT2D eigenvalue weighted by atomic mass is 10.1. The molecule has 4 rings (SSSR count). The number of halogens is 1. The van der Waals surface area contributed by atoms with E-state index in [9.17, 15) is 9.18 Å². The summed E-state index contributed by atoms with van der Waals surface area (Å²) in [6.45, 7) is 9.93. The largest absolute Gasteiger partial charge is 0.335 e. The van der Waals surface area contributed by atoms with Crippen LogP contribution in [0.15, 0.2) is 24.3 Å². The van der Waals surface area contributed by atoms with Crippen LogP contribution in [0.5, 0.6) is 0 Å². The van der Waals surface area contributed by atoms with Crippen LogP contribution in [-0.4, -0.2) is 68.2 Å². The van der Waals surface area contributed by atoms with E-state index in [0.29, 0.717) is 30.1 Å². The number of fused-ring (bicyclic) bond motifs is 1. The maximum Gasteiger partial charge on any atom is 0.276 e. The third-order valence-corrected chi connectivity index (χ3v) is 5.38. The molecule has 0 bridgehead atoms. The van der Waals surface area contributed by atoms with Crippen molar-refractivity contribution in [2.24, 2.45) is 0 Å². The zero-order valence-corrected chi connectivity index (χ0v) is 16.3. The molecule has 0 N–H and O–H groups in total. The number of carbonyl (C=O) groups is 1. The molecule has 0 radical (unpaired) electrons. The minimum Gasteiger partial charge on any atom is -0.335 e. The van der Waals surface area contributed by atoms with E-state index < -0.39 is 0 Å². The van der Waals surface area contributed by atoms with Crippen molar-refractivity contribution in [3.63, 3.8) is 0 Å². The third kappa shape index (κ3) is 3.13. The van der Waals surface area contributed by atoms with Crippen molar-refractivity contribution < 1.29 is 9.18 Å². The number of hydrogen-bond acceptors (Lipinski definition) is 5. The number of amides is 1. The normalized spacial score (nSPS) is 15.4. The molecule has 0 spiro atoms. The third-order valence-electron chi connectivity index (χ3n) is 5.38. The lowest BCUT2D eigenvalue weighted by molar-refractivity contribution is 0.0634. The fourth-order valence-corrected chi connectivity index (χ4v) is 3.68. The highest BCUT2D eigenvalue weighted by molar-refractivity contribution is 5.93. The Morgan fingerprint density at radius 1 is 1.07 bits per heavy atom. The van der Waals surface area contributed by atoms with Crippen molar-refractivity contribution in [1.29, 1.82) is 0 Å². The standard InChI is InChI=1S/C20H23FN6O/c1-4-25-9-11-26(12-10-25)20(28)18-14(3)27-19(23-22-18)17(13(2)24-27)15-5-7-16(21)8-6-15/h5-8H,4,9-12H2,1-3H3. The number of carbonyl (C=O) groups excluding carboxylic acids is 1. The van der Waals surface area contributed by atoms with Gasteiger partial charge < -0.3 is 9.80 Å². The van der Waals surface area contributed by atoms with E-state index in [-0.39, 0.29) is 11.7 Å².